The SMILES string of the molecule is CCC(C)Oc1cccc(-c2nnc(CCC(=O)NCCCc3ccccc3)c(=O)[nH]2)c1. The van der Waals surface area contributed by atoms with Gasteiger partial charge < -0.3 is 15.0 Å². The summed E-state index contributed by atoms with van der Waals surface area (Å²) in [5.41, 5.74) is 1.89. The Morgan fingerprint density at radius 2 is 1.91 bits per heavy atom. The van der Waals surface area contributed by atoms with Gasteiger partial charge in [-0.2, -0.15) is 0 Å². The van der Waals surface area contributed by atoms with Crippen LogP contribution in [0.3, 0.4) is 0 Å². The average molecular weight is 435 g/mol. The van der Waals surface area contributed by atoms with Crippen molar-refractivity contribution in [2.24, 2.45) is 0 Å². The molecule has 0 saturated heterocycles. The second kappa shape index (κ2) is 11.8. The van der Waals surface area contributed by atoms with Gasteiger partial charge in [0.1, 0.15) is 11.4 Å². The zero-order chi connectivity index (χ0) is 22.8. The topological polar surface area (TPSA) is 97.0 Å². The fourth-order valence-electron chi connectivity index (χ4n) is 3.17. The summed E-state index contributed by atoms with van der Waals surface area (Å²) in [6.45, 7) is 4.66. The predicted octanol–water partition coefficient (Wildman–Crippen LogP) is 3.69. The molecule has 3 aromatic rings. The highest BCUT2D eigenvalue weighted by Crippen LogP contribution is 2.21. The zero-order valence-corrected chi connectivity index (χ0v) is 18.6. The van der Waals surface area contributed by atoms with E-state index in [4.69, 9.17) is 4.74 Å². The molecule has 0 bridgehead atoms. The van der Waals surface area contributed by atoms with Gasteiger partial charge in [0, 0.05) is 24.9 Å². The minimum atomic E-state index is -0.333. The molecular formula is C25H30N4O3. The number of hydrogen-bond acceptors (Lipinski definition) is 5. The molecule has 0 saturated carbocycles. The summed E-state index contributed by atoms with van der Waals surface area (Å²) >= 11 is 0. The van der Waals surface area contributed by atoms with Crippen LogP contribution in [0.25, 0.3) is 11.4 Å². The molecule has 3 rings (SSSR count). The largest absolute Gasteiger partial charge is 0.491 e. The summed E-state index contributed by atoms with van der Waals surface area (Å²) in [7, 11) is 0. The van der Waals surface area contributed by atoms with Gasteiger partial charge in [0.25, 0.3) is 5.56 Å². The first-order valence-corrected chi connectivity index (χ1v) is 11.1. The van der Waals surface area contributed by atoms with Gasteiger partial charge >= 0.3 is 0 Å². The molecule has 1 aromatic heterocycles. The molecule has 0 radical (unpaired) electrons. The average Bonchev–Trinajstić information content (AvgIpc) is 2.81. The van der Waals surface area contributed by atoms with Gasteiger partial charge in [-0.15, -0.1) is 10.2 Å². The van der Waals surface area contributed by atoms with E-state index < -0.39 is 0 Å². The number of aryl methyl sites for hydroxylation is 2. The van der Waals surface area contributed by atoms with Crippen molar-refractivity contribution in [2.75, 3.05) is 6.54 Å². The fraction of sp³-hybridized carbons (Fsp3) is 0.360. The molecule has 7 nitrogen and oxygen atoms in total. The normalized spacial score (nSPS) is 11.7. The summed E-state index contributed by atoms with van der Waals surface area (Å²) in [4.78, 5) is 27.3. The molecule has 168 valence electrons. The Hall–Kier alpha value is -3.48. The van der Waals surface area contributed by atoms with Crippen molar-refractivity contribution in [1.29, 1.82) is 0 Å². The van der Waals surface area contributed by atoms with Gasteiger partial charge in [-0.25, -0.2) is 0 Å². The Labute approximate surface area is 188 Å². The Morgan fingerprint density at radius 1 is 1.09 bits per heavy atom. The summed E-state index contributed by atoms with van der Waals surface area (Å²) in [6, 6.07) is 17.5. The lowest BCUT2D eigenvalue weighted by atomic mass is 10.1. The van der Waals surface area contributed by atoms with Gasteiger partial charge in [-0.3, -0.25) is 9.59 Å². The van der Waals surface area contributed by atoms with Crippen LogP contribution in [0.4, 0.5) is 0 Å². The van der Waals surface area contributed by atoms with Crippen LogP contribution < -0.4 is 15.6 Å². The second-order valence-electron chi connectivity index (χ2n) is 7.75. The molecular weight excluding hydrogens is 404 g/mol. The molecule has 2 N–H and O–H groups in total. The summed E-state index contributed by atoms with van der Waals surface area (Å²) in [6.07, 6.45) is 3.21. The Bertz CT molecular complexity index is 1070. The van der Waals surface area contributed by atoms with Gasteiger partial charge in [0.2, 0.25) is 5.91 Å². The van der Waals surface area contributed by atoms with E-state index in [1.165, 1.54) is 5.56 Å². The molecule has 1 atom stereocenters. The number of benzene rings is 2. The monoisotopic (exact) mass is 434 g/mol. The van der Waals surface area contributed by atoms with Gasteiger partial charge in [0.15, 0.2) is 5.82 Å². The molecule has 0 aliphatic rings. The van der Waals surface area contributed by atoms with Crippen molar-refractivity contribution in [3.8, 4) is 17.1 Å². The number of carbonyl (C=O) groups is 1. The number of carbonyl (C=O) groups excluding carboxylic acids is 1. The van der Waals surface area contributed by atoms with Gasteiger partial charge in [-0.1, -0.05) is 49.4 Å². The van der Waals surface area contributed by atoms with E-state index >= 15 is 0 Å². The maximum Gasteiger partial charge on any atom is 0.273 e. The number of aromatic nitrogens is 3. The lowest BCUT2D eigenvalue weighted by molar-refractivity contribution is -0.121. The number of rotatable bonds is 11. The number of amides is 1. The smallest absolute Gasteiger partial charge is 0.273 e. The van der Waals surface area contributed by atoms with E-state index in [0.717, 1.165) is 24.8 Å². The first-order valence-electron chi connectivity index (χ1n) is 11.1. The van der Waals surface area contributed by atoms with Crippen molar-refractivity contribution >= 4 is 5.91 Å². The van der Waals surface area contributed by atoms with Crippen molar-refractivity contribution in [3.05, 3.63) is 76.2 Å². The molecule has 1 heterocycles. The quantitative estimate of drug-likeness (QED) is 0.449. The zero-order valence-electron chi connectivity index (χ0n) is 18.6. The van der Waals surface area contributed by atoms with Crippen LogP contribution in [0, 0.1) is 0 Å². The molecule has 0 aliphatic heterocycles. The lowest BCUT2D eigenvalue weighted by Gasteiger charge is -2.13. The highest BCUT2D eigenvalue weighted by atomic mass is 16.5. The van der Waals surface area contributed by atoms with E-state index in [-0.39, 0.29) is 36.1 Å². The number of ether oxygens (including phenoxy) is 1. The third-order valence-corrected chi connectivity index (χ3v) is 5.18. The summed E-state index contributed by atoms with van der Waals surface area (Å²) in [5, 5.41) is 11.1. The molecule has 7 heteroatoms. The van der Waals surface area contributed by atoms with E-state index in [0.29, 0.717) is 18.1 Å². The molecule has 0 spiro atoms. The lowest BCUT2D eigenvalue weighted by Crippen LogP contribution is -2.26. The molecule has 0 fully saturated rings. The van der Waals surface area contributed by atoms with Crippen LogP contribution in [0.1, 0.15) is 44.4 Å². The van der Waals surface area contributed by atoms with Crippen LogP contribution in [0.15, 0.2) is 59.4 Å². The van der Waals surface area contributed by atoms with Crippen molar-refractivity contribution in [3.63, 3.8) is 0 Å². The number of hydrogen-bond donors (Lipinski definition) is 2. The van der Waals surface area contributed by atoms with Crippen LogP contribution in [-0.4, -0.2) is 33.7 Å². The van der Waals surface area contributed by atoms with Gasteiger partial charge in [-0.05, 0) is 43.9 Å². The van der Waals surface area contributed by atoms with Crippen LogP contribution in [-0.2, 0) is 17.6 Å². The third kappa shape index (κ3) is 7.04. The van der Waals surface area contributed by atoms with Crippen molar-refractivity contribution < 1.29 is 9.53 Å². The minimum Gasteiger partial charge on any atom is -0.491 e. The molecule has 2 aromatic carbocycles. The highest BCUT2D eigenvalue weighted by molar-refractivity contribution is 5.76. The number of aromatic amines is 1. The van der Waals surface area contributed by atoms with Crippen LogP contribution in [0.2, 0.25) is 0 Å². The Kier molecular flexibility index (Phi) is 8.54. The van der Waals surface area contributed by atoms with E-state index in [9.17, 15) is 9.59 Å². The van der Waals surface area contributed by atoms with Gasteiger partial charge in [0.05, 0.1) is 6.10 Å². The van der Waals surface area contributed by atoms with Crippen molar-refractivity contribution in [1.82, 2.24) is 20.5 Å². The molecule has 1 unspecified atom stereocenters. The van der Waals surface area contributed by atoms with Crippen LogP contribution >= 0.6 is 0 Å². The number of nitrogens with one attached hydrogen (secondary N) is 2. The first kappa shape index (κ1) is 23.2. The first-order chi connectivity index (χ1) is 15.5. The standard InChI is InChI=1S/C25H30N4O3/c1-3-18(2)32-21-13-7-12-20(17-21)24-27-25(31)22(28-29-24)14-15-23(30)26-16-8-11-19-9-5-4-6-10-19/h4-7,9-10,12-13,17-18H,3,8,11,14-16H2,1-2H3,(H,26,30)(H,27,29,31). The maximum atomic E-state index is 12.4. The molecule has 1 amide bonds. The highest BCUT2D eigenvalue weighted by Gasteiger charge is 2.10. The third-order valence-electron chi connectivity index (χ3n) is 5.18. The fourth-order valence-corrected chi connectivity index (χ4v) is 3.17. The van der Waals surface area contributed by atoms with E-state index in [2.05, 4.69) is 39.6 Å². The molecule has 32 heavy (non-hydrogen) atoms. The Morgan fingerprint density at radius 3 is 2.66 bits per heavy atom. The maximum absolute atomic E-state index is 12.4. The van der Waals surface area contributed by atoms with Crippen LogP contribution in [0.5, 0.6) is 5.75 Å². The number of nitrogens with zero attached hydrogens (tertiary/aromatic N) is 2. The Balaban J connectivity index is 1.49. The number of H-pyrrole nitrogens is 1. The summed E-state index contributed by atoms with van der Waals surface area (Å²) in [5.74, 6) is 0.990. The van der Waals surface area contributed by atoms with Crippen molar-refractivity contribution in [2.45, 2.75) is 52.1 Å². The molecule has 0 aliphatic carbocycles. The van der Waals surface area contributed by atoms with E-state index in [1.807, 2.05) is 49.4 Å². The summed E-state index contributed by atoms with van der Waals surface area (Å²) < 4.78 is 5.83. The second-order valence-corrected chi connectivity index (χ2v) is 7.75. The predicted molar refractivity (Wildman–Crippen MR) is 125 cm³/mol. The minimum absolute atomic E-state index is 0.0989. The van der Waals surface area contributed by atoms with E-state index in [1.54, 1.807) is 0 Å².